The maximum Gasteiger partial charge on any atom is 0.0197 e. The molecule has 0 aromatic rings. The van der Waals surface area contributed by atoms with Crippen molar-refractivity contribution in [3.8, 4) is 0 Å². The number of nitrogens with one attached hydrogen (secondary N) is 1. The fourth-order valence-corrected chi connectivity index (χ4v) is 4.90. The van der Waals surface area contributed by atoms with Crippen molar-refractivity contribution in [2.75, 3.05) is 19.6 Å². The van der Waals surface area contributed by atoms with Gasteiger partial charge in [-0.2, -0.15) is 0 Å². The summed E-state index contributed by atoms with van der Waals surface area (Å²) in [5, 5.41) is 4.00. The van der Waals surface area contributed by atoms with E-state index in [1.54, 1.807) is 0 Å². The summed E-state index contributed by atoms with van der Waals surface area (Å²) in [6, 6.07) is 1.65. The molecule has 0 radical (unpaired) electrons. The molecule has 0 spiro atoms. The van der Waals surface area contributed by atoms with Crippen LogP contribution < -0.4 is 5.32 Å². The molecule has 116 valence electrons. The van der Waals surface area contributed by atoms with E-state index in [1.165, 1.54) is 83.8 Å². The third-order valence-electron chi connectivity index (χ3n) is 6.13. The smallest absolute Gasteiger partial charge is 0.0197 e. The molecule has 2 saturated heterocycles. The van der Waals surface area contributed by atoms with Crippen LogP contribution in [0.15, 0.2) is 0 Å². The van der Waals surface area contributed by atoms with Crippen LogP contribution in [-0.2, 0) is 0 Å². The van der Waals surface area contributed by atoms with E-state index in [4.69, 9.17) is 0 Å². The van der Waals surface area contributed by atoms with Crippen molar-refractivity contribution in [3.63, 3.8) is 0 Å². The van der Waals surface area contributed by atoms with Crippen LogP contribution >= 0.6 is 0 Å². The Balaban J connectivity index is 1.40. The topological polar surface area (TPSA) is 15.3 Å². The highest BCUT2D eigenvalue weighted by molar-refractivity contribution is 4.90. The second-order valence-electron chi connectivity index (χ2n) is 7.62. The van der Waals surface area contributed by atoms with E-state index in [-0.39, 0.29) is 0 Å². The molecule has 3 rings (SSSR count). The largest absolute Gasteiger partial charge is 0.310 e. The molecule has 2 heterocycles. The van der Waals surface area contributed by atoms with Gasteiger partial charge in [0.15, 0.2) is 0 Å². The minimum Gasteiger partial charge on any atom is -0.310 e. The molecule has 0 aromatic heterocycles. The van der Waals surface area contributed by atoms with Crippen LogP contribution in [0.3, 0.4) is 0 Å². The molecule has 2 nitrogen and oxygen atoms in total. The normalized spacial score (nSPS) is 36.8. The fraction of sp³-hybridized carbons (Fsp3) is 1.00. The Morgan fingerprint density at radius 1 is 0.950 bits per heavy atom. The van der Waals surface area contributed by atoms with E-state index in [9.17, 15) is 0 Å². The summed E-state index contributed by atoms with van der Waals surface area (Å²) in [6.07, 6.45) is 14.5. The molecule has 1 N–H and O–H groups in total. The zero-order valence-electron chi connectivity index (χ0n) is 13.4. The summed E-state index contributed by atoms with van der Waals surface area (Å²) in [5.74, 6) is 2.04. The van der Waals surface area contributed by atoms with Crippen LogP contribution in [-0.4, -0.2) is 36.6 Å². The van der Waals surface area contributed by atoms with Crippen molar-refractivity contribution in [2.24, 2.45) is 11.8 Å². The van der Waals surface area contributed by atoms with Gasteiger partial charge in [-0.05, 0) is 63.5 Å². The lowest BCUT2D eigenvalue weighted by Crippen LogP contribution is -2.53. The van der Waals surface area contributed by atoms with Gasteiger partial charge in [0.05, 0.1) is 0 Å². The van der Waals surface area contributed by atoms with E-state index >= 15 is 0 Å². The van der Waals surface area contributed by atoms with Crippen LogP contribution in [0.1, 0.15) is 71.1 Å². The van der Waals surface area contributed by atoms with Gasteiger partial charge in [-0.15, -0.1) is 0 Å². The van der Waals surface area contributed by atoms with E-state index in [2.05, 4.69) is 17.1 Å². The Morgan fingerprint density at radius 2 is 1.75 bits per heavy atom. The van der Waals surface area contributed by atoms with Gasteiger partial charge in [0.25, 0.3) is 0 Å². The second-order valence-corrected chi connectivity index (χ2v) is 7.62. The minimum absolute atomic E-state index is 0.789. The van der Waals surface area contributed by atoms with Crippen LogP contribution in [0.5, 0.6) is 0 Å². The molecule has 3 unspecified atom stereocenters. The van der Waals surface area contributed by atoms with Gasteiger partial charge in [-0.1, -0.05) is 32.6 Å². The van der Waals surface area contributed by atoms with Crippen molar-refractivity contribution >= 4 is 0 Å². The van der Waals surface area contributed by atoms with Gasteiger partial charge in [-0.3, -0.25) is 0 Å². The SMILES string of the molecule is CCCC1CCN(CC2CCC3CCCCC3N2)CC1. The fourth-order valence-electron chi connectivity index (χ4n) is 4.90. The average Bonchev–Trinajstić information content (AvgIpc) is 2.49. The van der Waals surface area contributed by atoms with Crippen LogP contribution in [0.25, 0.3) is 0 Å². The molecule has 3 fully saturated rings. The lowest BCUT2D eigenvalue weighted by molar-refractivity contribution is 0.120. The van der Waals surface area contributed by atoms with E-state index in [0.29, 0.717) is 0 Å². The number of nitrogens with zero attached hydrogens (tertiary/aromatic N) is 1. The lowest BCUT2D eigenvalue weighted by Gasteiger charge is -2.43. The first-order chi connectivity index (χ1) is 9.85. The van der Waals surface area contributed by atoms with Crippen molar-refractivity contribution in [3.05, 3.63) is 0 Å². The third-order valence-corrected chi connectivity index (χ3v) is 6.13. The zero-order valence-corrected chi connectivity index (χ0v) is 13.4. The highest BCUT2D eigenvalue weighted by atomic mass is 15.2. The van der Waals surface area contributed by atoms with Gasteiger partial charge >= 0.3 is 0 Å². The van der Waals surface area contributed by atoms with Crippen molar-refractivity contribution in [2.45, 2.75) is 83.2 Å². The first kappa shape index (κ1) is 14.8. The molecule has 0 aromatic carbocycles. The summed E-state index contributed by atoms with van der Waals surface area (Å²) in [6.45, 7) is 6.37. The maximum atomic E-state index is 4.00. The van der Waals surface area contributed by atoms with Gasteiger partial charge in [0.1, 0.15) is 0 Å². The summed E-state index contributed by atoms with van der Waals surface area (Å²) in [7, 11) is 0. The predicted molar refractivity (Wildman–Crippen MR) is 86.0 cm³/mol. The highest BCUT2D eigenvalue weighted by Gasteiger charge is 2.32. The summed E-state index contributed by atoms with van der Waals surface area (Å²) in [5.41, 5.74) is 0. The van der Waals surface area contributed by atoms with Gasteiger partial charge in [0, 0.05) is 18.6 Å². The molecule has 1 aliphatic carbocycles. The van der Waals surface area contributed by atoms with Gasteiger partial charge < -0.3 is 10.2 Å². The molecule has 3 aliphatic rings. The Hall–Kier alpha value is -0.0800. The molecule has 2 aliphatic heterocycles. The molecular weight excluding hydrogens is 244 g/mol. The minimum atomic E-state index is 0.789. The second kappa shape index (κ2) is 7.26. The summed E-state index contributed by atoms with van der Waals surface area (Å²) < 4.78 is 0. The van der Waals surface area contributed by atoms with Gasteiger partial charge in [-0.25, -0.2) is 0 Å². The standard InChI is InChI=1S/C18H34N2/c1-2-5-15-10-12-20(13-11-15)14-17-9-8-16-6-3-4-7-18(16)19-17/h15-19H,2-14H2,1H3. The molecule has 0 bridgehead atoms. The molecule has 0 amide bonds. The molecule has 1 saturated carbocycles. The maximum absolute atomic E-state index is 4.00. The summed E-state index contributed by atoms with van der Waals surface area (Å²) in [4.78, 5) is 2.74. The Labute approximate surface area is 125 Å². The van der Waals surface area contributed by atoms with Crippen molar-refractivity contribution in [1.82, 2.24) is 10.2 Å². The quantitative estimate of drug-likeness (QED) is 0.841. The monoisotopic (exact) mass is 278 g/mol. The number of rotatable bonds is 4. The average molecular weight is 278 g/mol. The Kier molecular flexibility index (Phi) is 5.39. The Morgan fingerprint density at radius 3 is 2.55 bits per heavy atom. The molecule has 3 atom stereocenters. The molecular formula is C18H34N2. The van der Waals surface area contributed by atoms with Crippen LogP contribution in [0, 0.1) is 11.8 Å². The van der Waals surface area contributed by atoms with Crippen molar-refractivity contribution in [1.29, 1.82) is 0 Å². The number of likely N-dealkylation sites (tertiary alicyclic amines) is 1. The Bertz CT molecular complexity index is 283. The zero-order chi connectivity index (χ0) is 13.8. The van der Waals surface area contributed by atoms with E-state index in [1.807, 2.05) is 0 Å². The summed E-state index contributed by atoms with van der Waals surface area (Å²) >= 11 is 0. The number of hydrogen-bond acceptors (Lipinski definition) is 2. The van der Waals surface area contributed by atoms with Crippen LogP contribution in [0.4, 0.5) is 0 Å². The van der Waals surface area contributed by atoms with E-state index < -0.39 is 0 Å². The number of fused-ring (bicyclic) bond motifs is 1. The molecule has 20 heavy (non-hydrogen) atoms. The lowest BCUT2D eigenvalue weighted by atomic mass is 9.77. The van der Waals surface area contributed by atoms with E-state index in [0.717, 1.165) is 23.9 Å². The third kappa shape index (κ3) is 3.76. The van der Waals surface area contributed by atoms with Crippen LogP contribution in [0.2, 0.25) is 0 Å². The predicted octanol–water partition coefficient (Wildman–Crippen LogP) is 3.81. The first-order valence-corrected chi connectivity index (χ1v) is 9.33. The van der Waals surface area contributed by atoms with Crippen molar-refractivity contribution < 1.29 is 0 Å². The highest BCUT2D eigenvalue weighted by Crippen LogP contribution is 2.32. The number of piperidine rings is 2. The first-order valence-electron chi connectivity index (χ1n) is 9.33. The van der Waals surface area contributed by atoms with Gasteiger partial charge in [0.2, 0.25) is 0 Å². The molecule has 2 heteroatoms. The number of hydrogen-bond donors (Lipinski definition) is 1.